The van der Waals surface area contributed by atoms with Crippen LogP contribution >= 0.6 is 11.3 Å². The van der Waals surface area contributed by atoms with Gasteiger partial charge in [-0.05, 0) is 26.0 Å². The predicted octanol–water partition coefficient (Wildman–Crippen LogP) is 2.21. The van der Waals surface area contributed by atoms with Crippen LogP contribution in [0, 0.1) is 6.92 Å². The normalized spacial score (nSPS) is 18.8. The van der Waals surface area contributed by atoms with E-state index in [0.29, 0.717) is 19.1 Å². The second-order valence-electron chi connectivity index (χ2n) is 6.35. The Kier molecular flexibility index (Phi) is 5.20. The van der Waals surface area contributed by atoms with Gasteiger partial charge in [0.25, 0.3) is 0 Å². The second-order valence-corrected chi connectivity index (χ2v) is 7.23. The second kappa shape index (κ2) is 7.36. The third-order valence-electron chi connectivity index (χ3n) is 4.35. The first-order chi connectivity index (χ1) is 11.5. The average Bonchev–Trinajstić information content (AvgIpc) is 3.19. The van der Waals surface area contributed by atoms with E-state index in [1.807, 2.05) is 37.7 Å². The molecule has 1 amide bonds. The number of nitrogens with zero attached hydrogens (tertiary/aromatic N) is 4. The fraction of sp³-hybridized carbons (Fsp3) is 0.529. The van der Waals surface area contributed by atoms with E-state index in [1.165, 1.54) is 0 Å². The Hall–Kier alpha value is -1.86. The van der Waals surface area contributed by atoms with Crippen molar-refractivity contribution in [2.75, 3.05) is 38.1 Å². The summed E-state index contributed by atoms with van der Waals surface area (Å²) in [5.41, 5.74) is 0. The number of carbonyl (C=O) groups is 1. The molecule has 24 heavy (non-hydrogen) atoms. The number of rotatable bonds is 5. The standard InChI is InChI=1S/C17H24N4O2S/c1-13-10-20(7-8-21(13)17-18-6-9-24-17)12-16(22)19(3)11-15-5-4-14(2)23-15/h4-6,9,13H,7-8,10-12H2,1-3H3/t13-/m1/s1. The van der Waals surface area contributed by atoms with Crippen molar-refractivity contribution in [3.05, 3.63) is 35.2 Å². The number of aryl methyl sites for hydroxylation is 1. The number of piperazine rings is 1. The number of hydrogen-bond acceptors (Lipinski definition) is 6. The number of carbonyl (C=O) groups excluding carboxylic acids is 1. The topological polar surface area (TPSA) is 52.8 Å². The number of thiazole rings is 1. The van der Waals surface area contributed by atoms with Gasteiger partial charge in [0.2, 0.25) is 5.91 Å². The summed E-state index contributed by atoms with van der Waals surface area (Å²) in [6.45, 7) is 7.72. The number of likely N-dealkylation sites (N-methyl/N-ethyl adjacent to an activating group) is 1. The highest BCUT2D eigenvalue weighted by atomic mass is 32.1. The van der Waals surface area contributed by atoms with E-state index >= 15 is 0 Å². The summed E-state index contributed by atoms with van der Waals surface area (Å²) < 4.78 is 5.55. The summed E-state index contributed by atoms with van der Waals surface area (Å²) in [7, 11) is 1.83. The minimum atomic E-state index is 0.124. The van der Waals surface area contributed by atoms with E-state index in [2.05, 4.69) is 21.7 Å². The van der Waals surface area contributed by atoms with Crippen LogP contribution in [0.4, 0.5) is 5.13 Å². The molecule has 2 aromatic heterocycles. The Morgan fingerprint density at radius 3 is 2.92 bits per heavy atom. The number of hydrogen-bond donors (Lipinski definition) is 0. The molecule has 0 bridgehead atoms. The SMILES string of the molecule is Cc1ccc(CN(C)C(=O)CN2CCN(c3nccs3)[C@H](C)C2)o1. The van der Waals surface area contributed by atoms with Crippen LogP contribution in [0.1, 0.15) is 18.4 Å². The van der Waals surface area contributed by atoms with E-state index in [-0.39, 0.29) is 5.91 Å². The maximum Gasteiger partial charge on any atom is 0.236 e. The molecule has 6 nitrogen and oxygen atoms in total. The Morgan fingerprint density at radius 2 is 2.29 bits per heavy atom. The lowest BCUT2D eigenvalue weighted by Crippen LogP contribution is -2.54. The van der Waals surface area contributed by atoms with Crippen LogP contribution in [0.3, 0.4) is 0 Å². The third-order valence-corrected chi connectivity index (χ3v) is 5.16. The first kappa shape index (κ1) is 17.0. The maximum atomic E-state index is 12.5. The zero-order valence-corrected chi connectivity index (χ0v) is 15.3. The van der Waals surface area contributed by atoms with Gasteiger partial charge in [-0.15, -0.1) is 11.3 Å². The summed E-state index contributed by atoms with van der Waals surface area (Å²) >= 11 is 1.67. The van der Waals surface area contributed by atoms with Crippen molar-refractivity contribution >= 4 is 22.4 Å². The van der Waals surface area contributed by atoms with Gasteiger partial charge in [0.15, 0.2) is 5.13 Å². The van der Waals surface area contributed by atoms with E-state index in [4.69, 9.17) is 4.42 Å². The molecule has 0 radical (unpaired) electrons. The highest BCUT2D eigenvalue weighted by Gasteiger charge is 2.27. The van der Waals surface area contributed by atoms with Crippen LogP contribution < -0.4 is 4.90 Å². The molecule has 1 saturated heterocycles. The van der Waals surface area contributed by atoms with Gasteiger partial charge in [0, 0.05) is 44.3 Å². The third kappa shape index (κ3) is 3.96. The molecule has 130 valence electrons. The Labute approximate surface area is 146 Å². The molecule has 0 aliphatic carbocycles. The van der Waals surface area contributed by atoms with Crippen LogP contribution in [0.5, 0.6) is 0 Å². The molecule has 2 aromatic rings. The average molecular weight is 348 g/mol. The lowest BCUT2D eigenvalue weighted by molar-refractivity contribution is -0.132. The summed E-state index contributed by atoms with van der Waals surface area (Å²) in [6.07, 6.45) is 1.84. The zero-order valence-electron chi connectivity index (χ0n) is 14.4. The Balaban J connectivity index is 1.50. The highest BCUT2D eigenvalue weighted by molar-refractivity contribution is 7.13. The molecule has 0 aromatic carbocycles. The zero-order chi connectivity index (χ0) is 17.1. The summed E-state index contributed by atoms with van der Waals surface area (Å²) in [4.78, 5) is 23.1. The predicted molar refractivity (Wildman–Crippen MR) is 95.3 cm³/mol. The molecule has 3 rings (SSSR count). The molecule has 0 unspecified atom stereocenters. The van der Waals surface area contributed by atoms with Gasteiger partial charge in [0.1, 0.15) is 11.5 Å². The van der Waals surface area contributed by atoms with Crippen molar-refractivity contribution in [1.29, 1.82) is 0 Å². The quantitative estimate of drug-likeness (QED) is 0.829. The largest absolute Gasteiger partial charge is 0.464 e. The van der Waals surface area contributed by atoms with E-state index in [1.54, 1.807) is 16.2 Å². The fourth-order valence-electron chi connectivity index (χ4n) is 3.02. The Morgan fingerprint density at radius 1 is 1.46 bits per heavy atom. The van der Waals surface area contributed by atoms with Gasteiger partial charge in [-0.2, -0.15) is 0 Å². The number of anilines is 1. The van der Waals surface area contributed by atoms with Crippen molar-refractivity contribution in [3.8, 4) is 0 Å². The molecule has 7 heteroatoms. The molecule has 0 spiro atoms. The van der Waals surface area contributed by atoms with Gasteiger partial charge in [-0.3, -0.25) is 9.69 Å². The minimum absolute atomic E-state index is 0.124. The van der Waals surface area contributed by atoms with Crippen molar-refractivity contribution in [2.45, 2.75) is 26.4 Å². The van der Waals surface area contributed by atoms with E-state index in [0.717, 1.165) is 36.3 Å². The van der Waals surface area contributed by atoms with Gasteiger partial charge >= 0.3 is 0 Å². The summed E-state index contributed by atoms with van der Waals surface area (Å²) in [6, 6.07) is 4.21. The molecule has 1 aliphatic rings. The summed E-state index contributed by atoms with van der Waals surface area (Å²) in [5.74, 6) is 1.82. The van der Waals surface area contributed by atoms with Crippen LogP contribution in [-0.2, 0) is 11.3 Å². The lowest BCUT2D eigenvalue weighted by Gasteiger charge is -2.39. The maximum absolute atomic E-state index is 12.5. The number of amides is 1. The van der Waals surface area contributed by atoms with Crippen LogP contribution in [-0.4, -0.2) is 60.0 Å². The van der Waals surface area contributed by atoms with E-state index < -0.39 is 0 Å². The van der Waals surface area contributed by atoms with Gasteiger partial charge in [0.05, 0.1) is 13.1 Å². The number of furan rings is 1. The Bertz CT molecular complexity index is 670. The monoisotopic (exact) mass is 348 g/mol. The van der Waals surface area contributed by atoms with Crippen molar-refractivity contribution < 1.29 is 9.21 Å². The molecule has 3 heterocycles. The molecular weight excluding hydrogens is 324 g/mol. The summed E-state index contributed by atoms with van der Waals surface area (Å²) in [5, 5.41) is 3.07. The van der Waals surface area contributed by atoms with Gasteiger partial charge in [-0.1, -0.05) is 0 Å². The molecular formula is C17H24N4O2S. The molecule has 0 N–H and O–H groups in total. The minimum Gasteiger partial charge on any atom is -0.464 e. The highest BCUT2D eigenvalue weighted by Crippen LogP contribution is 2.22. The van der Waals surface area contributed by atoms with Gasteiger partial charge < -0.3 is 14.2 Å². The van der Waals surface area contributed by atoms with E-state index in [9.17, 15) is 4.79 Å². The first-order valence-corrected chi connectivity index (χ1v) is 9.08. The van der Waals surface area contributed by atoms with Crippen LogP contribution in [0.25, 0.3) is 0 Å². The van der Waals surface area contributed by atoms with Crippen molar-refractivity contribution in [1.82, 2.24) is 14.8 Å². The first-order valence-electron chi connectivity index (χ1n) is 8.20. The molecule has 1 fully saturated rings. The smallest absolute Gasteiger partial charge is 0.236 e. The van der Waals surface area contributed by atoms with Crippen molar-refractivity contribution in [2.24, 2.45) is 0 Å². The fourth-order valence-corrected chi connectivity index (χ4v) is 3.79. The molecule has 0 saturated carbocycles. The van der Waals surface area contributed by atoms with Crippen molar-refractivity contribution in [3.63, 3.8) is 0 Å². The molecule has 1 atom stereocenters. The lowest BCUT2D eigenvalue weighted by atomic mass is 10.2. The van der Waals surface area contributed by atoms with Gasteiger partial charge in [-0.25, -0.2) is 4.98 Å². The molecule has 1 aliphatic heterocycles. The van der Waals surface area contributed by atoms with Crippen LogP contribution in [0.15, 0.2) is 28.1 Å². The number of aromatic nitrogens is 1. The van der Waals surface area contributed by atoms with Crippen LogP contribution in [0.2, 0.25) is 0 Å².